The zero-order valence-electron chi connectivity index (χ0n) is 8.81. The zero-order valence-corrected chi connectivity index (χ0v) is 11.0. The van der Waals surface area contributed by atoms with Crippen molar-refractivity contribution in [2.45, 2.75) is 0 Å². The van der Waals surface area contributed by atoms with Crippen molar-refractivity contribution in [1.29, 1.82) is 10.5 Å². The van der Waals surface area contributed by atoms with Gasteiger partial charge in [0.05, 0.1) is 23.3 Å². The average Bonchev–Trinajstić information content (AvgIpc) is 2.38. The Morgan fingerprint density at radius 2 is 1.47 bits per heavy atom. The number of nitrogens with zero attached hydrogens (tertiary/aromatic N) is 2. The molecule has 0 aromatic heterocycles. The molecule has 0 amide bonds. The Hall–Kier alpha value is -1.85. The molecule has 0 spiro atoms. The van der Waals surface area contributed by atoms with E-state index in [-0.39, 0.29) is 0 Å². The summed E-state index contributed by atoms with van der Waals surface area (Å²) in [7, 11) is 0. The third kappa shape index (κ3) is 2.64. The van der Waals surface area contributed by atoms with Gasteiger partial charge in [-0.3, -0.25) is 0 Å². The van der Waals surface area contributed by atoms with Crippen molar-refractivity contribution in [2.24, 2.45) is 0 Å². The van der Waals surface area contributed by atoms with Gasteiger partial charge in [0.1, 0.15) is 0 Å². The number of hydrogen-bond acceptors (Lipinski definition) is 2. The molecule has 0 aliphatic heterocycles. The van der Waals surface area contributed by atoms with Crippen LogP contribution in [0.15, 0.2) is 42.5 Å². The van der Waals surface area contributed by atoms with Gasteiger partial charge in [-0.2, -0.15) is 10.5 Å². The molecule has 0 heterocycles. The quantitative estimate of drug-likeness (QED) is 0.749. The van der Waals surface area contributed by atoms with E-state index >= 15 is 0 Å². The van der Waals surface area contributed by atoms with Gasteiger partial charge in [0.2, 0.25) is 0 Å². The lowest BCUT2D eigenvalue weighted by atomic mass is 10.0. The number of nitriles is 2. The number of halogens is 1. The smallest absolute Gasteiger partial charge is 0.0992 e. The first-order valence-electron chi connectivity index (χ1n) is 4.94. The van der Waals surface area contributed by atoms with Crippen molar-refractivity contribution in [2.75, 3.05) is 0 Å². The second-order valence-electron chi connectivity index (χ2n) is 3.53. The third-order valence-electron chi connectivity index (χ3n) is 2.35. The molecule has 17 heavy (non-hydrogen) atoms. The topological polar surface area (TPSA) is 47.6 Å². The van der Waals surface area contributed by atoms with Crippen LogP contribution in [0, 0.1) is 26.2 Å². The maximum atomic E-state index is 8.92. The molecule has 2 aromatic carbocycles. The maximum Gasteiger partial charge on any atom is 0.0992 e. The fourth-order valence-electron chi connectivity index (χ4n) is 1.59. The summed E-state index contributed by atoms with van der Waals surface area (Å²) in [4.78, 5) is 0. The van der Waals surface area contributed by atoms with Gasteiger partial charge in [-0.05, 0) is 64.0 Å². The third-order valence-corrected chi connectivity index (χ3v) is 3.02. The van der Waals surface area contributed by atoms with Gasteiger partial charge < -0.3 is 0 Å². The van der Waals surface area contributed by atoms with Crippen LogP contribution >= 0.6 is 22.6 Å². The van der Waals surface area contributed by atoms with Gasteiger partial charge in [-0.1, -0.05) is 12.1 Å². The molecular formula is C14H7IN2. The molecular weight excluding hydrogens is 323 g/mol. The second kappa shape index (κ2) is 4.99. The highest BCUT2D eigenvalue weighted by molar-refractivity contribution is 14.1. The van der Waals surface area contributed by atoms with Crippen LogP contribution in [0.3, 0.4) is 0 Å². The Morgan fingerprint density at radius 3 is 2.00 bits per heavy atom. The van der Waals surface area contributed by atoms with Gasteiger partial charge >= 0.3 is 0 Å². The van der Waals surface area contributed by atoms with E-state index in [1.54, 1.807) is 18.2 Å². The molecule has 0 aliphatic carbocycles. The second-order valence-corrected chi connectivity index (χ2v) is 4.78. The van der Waals surface area contributed by atoms with Gasteiger partial charge in [-0.15, -0.1) is 0 Å². The highest BCUT2D eigenvalue weighted by Gasteiger charge is 2.03. The van der Waals surface area contributed by atoms with E-state index in [4.69, 9.17) is 10.5 Å². The van der Waals surface area contributed by atoms with Crippen LogP contribution in [0.5, 0.6) is 0 Å². The van der Waals surface area contributed by atoms with Crippen LogP contribution in [0.4, 0.5) is 0 Å². The SMILES string of the molecule is N#Cc1cc(C#N)cc(-c2cccc(I)c2)c1. The van der Waals surface area contributed by atoms with Gasteiger partial charge in [0.25, 0.3) is 0 Å². The van der Waals surface area contributed by atoms with Crippen LogP contribution in [0.2, 0.25) is 0 Å². The summed E-state index contributed by atoms with van der Waals surface area (Å²) in [5, 5.41) is 17.8. The van der Waals surface area contributed by atoms with E-state index in [9.17, 15) is 0 Å². The van der Waals surface area contributed by atoms with Gasteiger partial charge in [-0.25, -0.2) is 0 Å². The summed E-state index contributed by atoms with van der Waals surface area (Å²) in [6.07, 6.45) is 0. The molecule has 0 saturated heterocycles. The lowest BCUT2D eigenvalue weighted by molar-refractivity contribution is 1.44. The normalized spacial score (nSPS) is 9.35. The summed E-state index contributed by atoms with van der Waals surface area (Å²) < 4.78 is 1.13. The fraction of sp³-hybridized carbons (Fsp3) is 0. The van der Waals surface area contributed by atoms with E-state index in [0.29, 0.717) is 11.1 Å². The predicted octanol–water partition coefficient (Wildman–Crippen LogP) is 3.70. The molecule has 80 valence electrons. The highest BCUT2D eigenvalue weighted by Crippen LogP contribution is 2.23. The molecule has 3 heteroatoms. The molecule has 0 saturated carbocycles. The van der Waals surface area contributed by atoms with Crippen molar-refractivity contribution in [3.05, 3.63) is 57.2 Å². The molecule has 0 unspecified atom stereocenters. The van der Waals surface area contributed by atoms with Crippen molar-refractivity contribution >= 4 is 22.6 Å². The summed E-state index contributed by atoms with van der Waals surface area (Å²) in [6.45, 7) is 0. The van der Waals surface area contributed by atoms with Crippen LogP contribution in [-0.2, 0) is 0 Å². The number of rotatable bonds is 1. The van der Waals surface area contributed by atoms with Crippen LogP contribution in [-0.4, -0.2) is 0 Å². The van der Waals surface area contributed by atoms with Crippen LogP contribution in [0.25, 0.3) is 11.1 Å². The fourth-order valence-corrected chi connectivity index (χ4v) is 2.13. The largest absolute Gasteiger partial charge is 0.192 e. The summed E-state index contributed by atoms with van der Waals surface area (Å²) >= 11 is 2.24. The Kier molecular flexibility index (Phi) is 3.41. The number of benzene rings is 2. The van der Waals surface area contributed by atoms with E-state index in [1.165, 1.54) is 0 Å². The standard InChI is InChI=1S/C14H7IN2/c15-14-3-1-2-12(7-14)13-5-10(8-16)4-11(6-13)9-17/h1-7H. The van der Waals surface area contributed by atoms with E-state index in [1.807, 2.05) is 24.3 Å². The Balaban J connectivity index is 2.60. The summed E-state index contributed by atoms with van der Waals surface area (Å²) in [6, 6.07) is 17.3. The molecule has 0 atom stereocenters. The van der Waals surface area contributed by atoms with Crippen molar-refractivity contribution in [3.63, 3.8) is 0 Å². The van der Waals surface area contributed by atoms with E-state index < -0.39 is 0 Å². The summed E-state index contributed by atoms with van der Waals surface area (Å²) in [5.41, 5.74) is 2.94. The lowest BCUT2D eigenvalue weighted by Crippen LogP contribution is -1.85. The molecule has 0 fully saturated rings. The zero-order chi connectivity index (χ0) is 12.3. The molecule has 2 aromatic rings. The Labute approximate surface area is 113 Å². The minimum absolute atomic E-state index is 0.512. The molecule has 2 nitrogen and oxygen atoms in total. The van der Waals surface area contributed by atoms with E-state index in [0.717, 1.165) is 14.7 Å². The Bertz CT molecular complexity index is 616. The molecule has 0 radical (unpaired) electrons. The van der Waals surface area contributed by atoms with Crippen LogP contribution in [0.1, 0.15) is 11.1 Å². The summed E-state index contributed by atoms with van der Waals surface area (Å²) in [5.74, 6) is 0. The molecule has 2 rings (SSSR count). The average molecular weight is 330 g/mol. The predicted molar refractivity (Wildman–Crippen MR) is 74.0 cm³/mol. The van der Waals surface area contributed by atoms with Crippen molar-refractivity contribution in [1.82, 2.24) is 0 Å². The monoisotopic (exact) mass is 330 g/mol. The van der Waals surface area contributed by atoms with E-state index in [2.05, 4.69) is 34.7 Å². The minimum Gasteiger partial charge on any atom is -0.192 e. The lowest BCUT2D eigenvalue weighted by Gasteiger charge is -2.03. The maximum absolute atomic E-state index is 8.92. The molecule has 0 bridgehead atoms. The first-order valence-corrected chi connectivity index (χ1v) is 6.02. The molecule has 0 N–H and O–H groups in total. The van der Waals surface area contributed by atoms with Crippen molar-refractivity contribution in [3.8, 4) is 23.3 Å². The van der Waals surface area contributed by atoms with Crippen molar-refractivity contribution < 1.29 is 0 Å². The minimum atomic E-state index is 0.512. The van der Waals surface area contributed by atoms with Gasteiger partial charge in [0, 0.05) is 3.57 Å². The first-order chi connectivity index (χ1) is 8.22. The van der Waals surface area contributed by atoms with Crippen LogP contribution < -0.4 is 0 Å². The first kappa shape index (κ1) is 11.6. The highest BCUT2D eigenvalue weighted by atomic mass is 127. The molecule has 0 aliphatic rings. The number of hydrogen-bond donors (Lipinski definition) is 0. The Morgan fingerprint density at radius 1 is 0.824 bits per heavy atom. The van der Waals surface area contributed by atoms with Gasteiger partial charge in [0.15, 0.2) is 0 Å².